The maximum absolute atomic E-state index is 13.7. The molecular formula is C34H27N5O4S. The Morgan fingerprint density at radius 3 is 2.32 bits per heavy atom. The van der Waals surface area contributed by atoms with E-state index >= 15 is 0 Å². The van der Waals surface area contributed by atoms with Crippen molar-refractivity contribution in [3.05, 3.63) is 107 Å². The number of nitrogens with one attached hydrogen (secondary N) is 4. The lowest BCUT2D eigenvalue weighted by Crippen LogP contribution is -2.33. The highest BCUT2D eigenvalue weighted by molar-refractivity contribution is 7.80. The van der Waals surface area contributed by atoms with Crippen LogP contribution < -0.4 is 10.6 Å². The fourth-order valence-corrected chi connectivity index (χ4v) is 7.11. The minimum Gasteiger partial charge on any atom is -0.351 e. The number of hydrogen-bond donors (Lipinski definition) is 5. The van der Waals surface area contributed by atoms with E-state index in [-0.39, 0.29) is 28.9 Å². The summed E-state index contributed by atoms with van der Waals surface area (Å²) >= 11 is 4.09. The maximum atomic E-state index is 13.7. The van der Waals surface area contributed by atoms with Gasteiger partial charge in [-0.25, -0.2) is 0 Å². The van der Waals surface area contributed by atoms with Crippen molar-refractivity contribution < 1.29 is 19.2 Å². The predicted molar refractivity (Wildman–Crippen MR) is 171 cm³/mol. The molecule has 3 aliphatic rings. The molecule has 2 aromatic heterocycles. The zero-order valence-electron chi connectivity index (χ0n) is 23.4. The highest BCUT2D eigenvalue weighted by Crippen LogP contribution is 2.66. The Morgan fingerprint density at radius 1 is 0.886 bits per heavy atom. The van der Waals surface area contributed by atoms with Crippen molar-refractivity contribution in [2.75, 3.05) is 22.9 Å². The normalized spacial score (nSPS) is 19.8. The largest absolute Gasteiger partial charge is 0.351 e. The Balaban J connectivity index is 1.01. The number of carbonyl (C=O) groups excluding carboxylic acids is 4. The van der Waals surface area contributed by atoms with Crippen molar-refractivity contribution in [2.24, 2.45) is 5.92 Å². The Hall–Kier alpha value is -5.09. The summed E-state index contributed by atoms with van der Waals surface area (Å²) in [6.07, 6.45) is 2.91. The molecule has 2 aliphatic carbocycles. The van der Waals surface area contributed by atoms with E-state index < -0.39 is 0 Å². The molecule has 3 amide bonds. The number of rotatable bonds is 6. The summed E-state index contributed by atoms with van der Waals surface area (Å²) in [6.45, 7) is 0.580. The van der Waals surface area contributed by atoms with Crippen LogP contribution in [-0.4, -0.2) is 50.7 Å². The lowest BCUT2D eigenvalue weighted by molar-refractivity contribution is -0.115. The van der Waals surface area contributed by atoms with Gasteiger partial charge in [0.1, 0.15) is 11.4 Å². The van der Waals surface area contributed by atoms with Gasteiger partial charge in [-0.15, -0.1) is 0 Å². The van der Waals surface area contributed by atoms with Crippen molar-refractivity contribution in [3.63, 3.8) is 0 Å². The number of thiol groups is 1. The maximum Gasteiger partial charge on any atom is 0.274 e. The summed E-state index contributed by atoms with van der Waals surface area (Å²) in [5, 5.41) is 7.33. The van der Waals surface area contributed by atoms with E-state index in [9.17, 15) is 19.2 Å². The summed E-state index contributed by atoms with van der Waals surface area (Å²) < 4.78 is 0. The molecule has 1 saturated heterocycles. The predicted octanol–water partition coefficient (Wildman–Crippen LogP) is 5.65. The van der Waals surface area contributed by atoms with Crippen LogP contribution in [0.5, 0.6) is 0 Å². The van der Waals surface area contributed by atoms with E-state index in [1.54, 1.807) is 35.2 Å². The van der Waals surface area contributed by atoms with Crippen molar-refractivity contribution >= 4 is 69.3 Å². The molecule has 218 valence electrons. The summed E-state index contributed by atoms with van der Waals surface area (Å²) in [7, 11) is 0. The molecule has 3 heterocycles. The number of aromatic nitrogens is 2. The van der Waals surface area contributed by atoms with Crippen LogP contribution in [0.4, 0.5) is 11.4 Å². The number of amides is 3. The van der Waals surface area contributed by atoms with E-state index in [4.69, 9.17) is 0 Å². The van der Waals surface area contributed by atoms with Gasteiger partial charge >= 0.3 is 0 Å². The van der Waals surface area contributed by atoms with E-state index in [2.05, 4.69) is 33.2 Å². The SMILES string of the molecule is O=C(CCS)Nc1ccc2[nH]c(C(=O)Nc3ccc4[nH]c(C(=O)N5C[C@H]6C[C@@]67C5=CC(=O)c5ccccc57)cc4c3)cc2c1. The quantitative estimate of drug-likeness (QED) is 0.161. The number of hydrogen-bond acceptors (Lipinski definition) is 5. The third kappa shape index (κ3) is 4.09. The fraction of sp³-hybridized carbons (Fsp3) is 0.176. The highest BCUT2D eigenvalue weighted by atomic mass is 32.1. The van der Waals surface area contributed by atoms with E-state index in [0.717, 1.165) is 45.1 Å². The molecular weight excluding hydrogens is 574 g/mol. The van der Waals surface area contributed by atoms with Gasteiger partial charge in [0.15, 0.2) is 5.78 Å². The number of anilines is 2. The van der Waals surface area contributed by atoms with Gasteiger partial charge in [-0.05, 0) is 72.2 Å². The van der Waals surface area contributed by atoms with Crippen molar-refractivity contribution in [2.45, 2.75) is 18.3 Å². The Labute approximate surface area is 257 Å². The molecule has 1 spiro atoms. The van der Waals surface area contributed by atoms with Gasteiger partial charge in [0, 0.05) is 68.9 Å². The number of aromatic amines is 2. The molecule has 9 nitrogen and oxygen atoms in total. The summed E-state index contributed by atoms with van der Waals surface area (Å²) in [4.78, 5) is 59.8. The van der Waals surface area contributed by atoms with Crippen LogP contribution in [0.25, 0.3) is 21.8 Å². The molecule has 0 unspecified atom stereocenters. The minimum absolute atomic E-state index is 0.0602. The van der Waals surface area contributed by atoms with Crippen LogP contribution in [0.3, 0.4) is 0 Å². The van der Waals surface area contributed by atoms with Crippen LogP contribution in [0.2, 0.25) is 0 Å². The summed E-state index contributed by atoms with van der Waals surface area (Å²) in [5.41, 5.74) is 5.90. The fourth-order valence-electron chi connectivity index (χ4n) is 6.91. The molecule has 2 fully saturated rings. The molecule has 44 heavy (non-hydrogen) atoms. The second-order valence-corrected chi connectivity index (χ2v) is 12.1. The number of allylic oxidation sites excluding steroid dienone is 2. The van der Waals surface area contributed by atoms with E-state index in [0.29, 0.717) is 47.4 Å². The topological polar surface area (TPSA) is 127 Å². The Kier molecular flexibility index (Phi) is 5.86. The molecule has 4 N–H and O–H groups in total. The summed E-state index contributed by atoms with van der Waals surface area (Å²) in [6, 6.07) is 22.1. The molecule has 1 saturated carbocycles. The summed E-state index contributed by atoms with van der Waals surface area (Å²) in [5.74, 6) is 0.108. The number of benzene rings is 3. The zero-order valence-corrected chi connectivity index (χ0v) is 24.3. The number of ketones is 1. The first-order valence-electron chi connectivity index (χ1n) is 14.5. The first-order chi connectivity index (χ1) is 21.3. The number of piperidine rings is 1. The van der Waals surface area contributed by atoms with Gasteiger partial charge < -0.3 is 25.5 Å². The van der Waals surface area contributed by atoms with Gasteiger partial charge in [-0.3, -0.25) is 19.2 Å². The lowest BCUT2D eigenvalue weighted by atomic mass is 9.81. The van der Waals surface area contributed by atoms with Gasteiger partial charge in [0.2, 0.25) is 5.91 Å². The van der Waals surface area contributed by atoms with Gasteiger partial charge in [0.05, 0.1) is 0 Å². The number of carbonyl (C=O) groups is 4. The number of fused-ring (bicyclic) bond motifs is 3. The average molecular weight is 602 g/mol. The van der Waals surface area contributed by atoms with Crippen LogP contribution in [0.15, 0.2) is 84.6 Å². The smallest absolute Gasteiger partial charge is 0.274 e. The molecule has 0 radical (unpaired) electrons. The third-order valence-corrected chi connectivity index (χ3v) is 9.26. The number of H-pyrrole nitrogens is 2. The van der Waals surface area contributed by atoms with Crippen molar-refractivity contribution in [3.8, 4) is 0 Å². The van der Waals surface area contributed by atoms with E-state index in [1.165, 1.54) is 0 Å². The van der Waals surface area contributed by atoms with Gasteiger partial charge in [-0.1, -0.05) is 24.3 Å². The average Bonchev–Trinajstić information content (AvgIpc) is 3.30. The standard InChI is InChI=1S/C34H27N5O4S/c40-29-15-30-34(24-4-2-1-3-23(24)29)16-20(34)17-39(30)33(43)28-14-19-12-22(6-8-26(19)38-28)36-32(42)27-13-18-11-21(5-7-25(18)37-27)35-31(41)9-10-44/h1-8,11-15,20,37-38,44H,9-10,16-17H2,(H,35,41)(H,36,42)/t20-,34-/m1/s1. The first-order valence-corrected chi connectivity index (χ1v) is 15.1. The third-order valence-electron chi connectivity index (χ3n) is 9.04. The van der Waals surface area contributed by atoms with Crippen molar-refractivity contribution in [1.82, 2.24) is 14.9 Å². The molecule has 1 aliphatic heterocycles. The zero-order chi connectivity index (χ0) is 30.2. The van der Waals surface area contributed by atoms with Crippen LogP contribution in [-0.2, 0) is 10.2 Å². The van der Waals surface area contributed by atoms with E-state index in [1.807, 2.05) is 48.5 Å². The van der Waals surface area contributed by atoms with Crippen LogP contribution in [0, 0.1) is 5.92 Å². The van der Waals surface area contributed by atoms with Crippen molar-refractivity contribution in [1.29, 1.82) is 0 Å². The number of nitrogens with zero attached hydrogens (tertiary/aromatic N) is 1. The monoisotopic (exact) mass is 601 g/mol. The van der Waals surface area contributed by atoms with Gasteiger partial charge in [0.25, 0.3) is 11.8 Å². The molecule has 0 bridgehead atoms. The molecule has 8 rings (SSSR count). The van der Waals surface area contributed by atoms with Crippen LogP contribution >= 0.6 is 12.6 Å². The second kappa shape index (κ2) is 9.72. The second-order valence-electron chi connectivity index (χ2n) is 11.7. The molecule has 2 atom stereocenters. The molecule has 3 aromatic carbocycles. The Bertz CT molecular complexity index is 2110. The Morgan fingerprint density at radius 2 is 1.57 bits per heavy atom. The van der Waals surface area contributed by atoms with Gasteiger partial charge in [-0.2, -0.15) is 12.6 Å². The minimum atomic E-state index is -0.316. The molecule has 10 heteroatoms. The molecule has 5 aromatic rings. The van der Waals surface area contributed by atoms with Crippen LogP contribution in [0.1, 0.15) is 49.7 Å². The lowest BCUT2D eigenvalue weighted by Gasteiger charge is -2.29. The first kappa shape index (κ1) is 26.5. The highest BCUT2D eigenvalue weighted by Gasteiger charge is 2.67. The number of likely N-dealkylation sites (tertiary alicyclic amines) is 1.